The first-order chi connectivity index (χ1) is 16.3. The van der Waals surface area contributed by atoms with Crippen molar-refractivity contribution < 1.29 is 22.7 Å². The molecule has 0 aliphatic rings. The van der Waals surface area contributed by atoms with Gasteiger partial charge in [-0.1, -0.05) is 48.5 Å². The lowest BCUT2D eigenvalue weighted by Gasteiger charge is -2.13. The van der Waals surface area contributed by atoms with Gasteiger partial charge in [0.05, 0.1) is 11.4 Å². The monoisotopic (exact) mass is 481 g/mol. The Morgan fingerprint density at radius 1 is 0.853 bits per heavy atom. The maximum atomic E-state index is 12.4. The molecule has 0 saturated carbocycles. The summed E-state index contributed by atoms with van der Waals surface area (Å²) in [5.74, 6) is -0.154. The molecule has 0 heterocycles. The van der Waals surface area contributed by atoms with Crippen LogP contribution in [-0.2, 0) is 28.0 Å². The molecule has 9 heteroatoms. The number of hydrogen-bond donors (Lipinski definition) is 2. The van der Waals surface area contributed by atoms with Crippen molar-refractivity contribution in [2.24, 2.45) is 0 Å². The molecule has 2 amide bonds. The van der Waals surface area contributed by atoms with E-state index in [-0.39, 0.29) is 29.5 Å². The Kier molecular flexibility index (Phi) is 8.39. The third kappa shape index (κ3) is 6.66. The molecule has 0 atom stereocenters. The molecule has 0 aliphatic carbocycles. The van der Waals surface area contributed by atoms with Gasteiger partial charge in [0, 0.05) is 26.2 Å². The Bertz CT molecular complexity index is 1240. The molecule has 0 saturated heterocycles. The smallest absolute Gasteiger partial charge is 0.251 e. The Balaban J connectivity index is 1.53. The van der Waals surface area contributed by atoms with E-state index in [1.54, 1.807) is 0 Å². The van der Waals surface area contributed by atoms with Gasteiger partial charge in [0.2, 0.25) is 15.9 Å². The topological polar surface area (TPSA) is 105 Å². The standard InChI is InChI=1S/C25H27N3O5S/c1-28(2)34(31,32)23-14-8-11-19(15-23)25(30)27-17-24(29)26-16-20-9-6-7-10-21(20)18-33-22-12-4-3-5-13-22/h3-15H,16-18H2,1-2H3,(H,26,29)(H,27,30). The largest absolute Gasteiger partial charge is 0.489 e. The first kappa shape index (κ1) is 24.9. The number of sulfonamides is 1. The molecule has 0 aromatic heterocycles. The summed E-state index contributed by atoms with van der Waals surface area (Å²) < 4.78 is 31.4. The number of para-hydroxylation sites is 1. The minimum absolute atomic E-state index is 0.00364. The van der Waals surface area contributed by atoms with Crippen LogP contribution in [0.3, 0.4) is 0 Å². The molecule has 0 bridgehead atoms. The average molecular weight is 482 g/mol. The zero-order chi connectivity index (χ0) is 24.6. The van der Waals surface area contributed by atoms with Crippen LogP contribution in [0.5, 0.6) is 5.75 Å². The number of nitrogens with zero attached hydrogens (tertiary/aromatic N) is 1. The SMILES string of the molecule is CN(C)S(=O)(=O)c1cccc(C(=O)NCC(=O)NCc2ccccc2COc2ccccc2)c1. The zero-order valence-electron chi connectivity index (χ0n) is 19.0. The van der Waals surface area contributed by atoms with Crippen LogP contribution in [0.4, 0.5) is 0 Å². The minimum atomic E-state index is -3.67. The fourth-order valence-electron chi connectivity index (χ4n) is 3.08. The van der Waals surface area contributed by atoms with Crippen molar-refractivity contribution >= 4 is 21.8 Å². The number of carbonyl (C=O) groups excluding carboxylic acids is 2. The second-order valence-corrected chi connectivity index (χ2v) is 9.80. The van der Waals surface area contributed by atoms with Crippen LogP contribution < -0.4 is 15.4 Å². The number of rotatable bonds is 10. The summed E-state index contributed by atoms with van der Waals surface area (Å²) in [7, 11) is -0.836. The second kappa shape index (κ2) is 11.4. The highest BCUT2D eigenvalue weighted by atomic mass is 32.2. The van der Waals surface area contributed by atoms with Crippen LogP contribution in [0.15, 0.2) is 83.8 Å². The van der Waals surface area contributed by atoms with Gasteiger partial charge >= 0.3 is 0 Å². The molecule has 0 fully saturated rings. The second-order valence-electron chi connectivity index (χ2n) is 7.65. The predicted molar refractivity (Wildman–Crippen MR) is 129 cm³/mol. The van der Waals surface area contributed by atoms with E-state index in [4.69, 9.17) is 4.74 Å². The highest BCUT2D eigenvalue weighted by molar-refractivity contribution is 7.89. The Labute approximate surface area is 199 Å². The number of nitrogens with one attached hydrogen (secondary N) is 2. The Morgan fingerprint density at radius 2 is 1.53 bits per heavy atom. The number of hydrogen-bond acceptors (Lipinski definition) is 5. The first-order valence-corrected chi connectivity index (χ1v) is 12.0. The molecular formula is C25H27N3O5S. The van der Waals surface area contributed by atoms with Crippen molar-refractivity contribution in [2.75, 3.05) is 20.6 Å². The van der Waals surface area contributed by atoms with Crippen molar-refractivity contribution in [2.45, 2.75) is 18.0 Å². The number of benzene rings is 3. The zero-order valence-corrected chi connectivity index (χ0v) is 19.8. The van der Waals surface area contributed by atoms with Gasteiger partial charge in [-0.2, -0.15) is 0 Å². The molecule has 8 nitrogen and oxygen atoms in total. The highest BCUT2D eigenvalue weighted by Gasteiger charge is 2.19. The summed E-state index contributed by atoms with van der Waals surface area (Å²) in [4.78, 5) is 24.7. The Morgan fingerprint density at radius 3 is 2.24 bits per heavy atom. The lowest BCUT2D eigenvalue weighted by molar-refractivity contribution is -0.120. The lowest BCUT2D eigenvalue weighted by atomic mass is 10.1. The third-order valence-electron chi connectivity index (χ3n) is 5.02. The van der Waals surface area contributed by atoms with Crippen LogP contribution in [0.2, 0.25) is 0 Å². The number of carbonyl (C=O) groups is 2. The predicted octanol–water partition coefficient (Wildman–Crippen LogP) is 2.56. The molecule has 3 aromatic rings. The van der Waals surface area contributed by atoms with E-state index in [9.17, 15) is 18.0 Å². The van der Waals surface area contributed by atoms with E-state index in [1.807, 2.05) is 54.6 Å². The third-order valence-corrected chi connectivity index (χ3v) is 6.83. The van der Waals surface area contributed by atoms with Crippen LogP contribution in [0.25, 0.3) is 0 Å². The van der Waals surface area contributed by atoms with Gasteiger partial charge in [-0.15, -0.1) is 0 Å². The van der Waals surface area contributed by atoms with E-state index in [0.717, 1.165) is 21.2 Å². The van der Waals surface area contributed by atoms with Gasteiger partial charge in [-0.25, -0.2) is 12.7 Å². The molecule has 2 N–H and O–H groups in total. The quantitative estimate of drug-likeness (QED) is 0.463. The van der Waals surface area contributed by atoms with E-state index in [2.05, 4.69) is 10.6 Å². The van der Waals surface area contributed by atoms with Gasteiger partial charge < -0.3 is 15.4 Å². The van der Waals surface area contributed by atoms with Crippen molar-refractivity contribution in [1.29, 1.82) is 0 Å². The van der Waals surface area contributed by atoms with E-state index >= 15 is 0 Å². The molecule has 34 heavy (non-hydrogen) atoms. The van der Waals surface area contributed by atoms with Crippen molar-refractivity contribution in [1.82, 2.24) is 14.9 Å². The van der Waals surface area contributed by atoms with Gasteiger partial charge in [0.15, 0.2) is 0 Å². The van der Waals surface area contributed by atoms with Gasteiger partial charge in [0.1, 0.15) is 12.4 Å². The molecule has 178 valence electrons. The van der Waals surface area contributed by atoms with Crippen molar-refractivity contribution in [3.8, 4) is 5.75 Å². The normalized spacial score (nSPS) is 11.1. The van der Waals surface area contributed by atoms with Crippen LogP contribution in [0, 0.1) is 0 Å². The van der Waals surface area contributed by atoms with E-state index in [0.29, 0.717) is 6.61 Å². The van der Waals surface area contributed by atoms with Gasteiger partial charge in [0.25, 0.3) is 5.91 Å². The number of ether oxygens (including phenoxy) is 1. The molecule has 0 radical (unpaired) electrons. The molecule has 3 aromatic carbocycles. The van der Waals surface area contributed by atoms with Crippen molar-refractivity contribution in [3.63, 3.8) is 0 Å². The summed E-state index contributed by atoms with van der Waals surface area (Å²) in [5, 5.41) is 5.30. The maximum Gasteiger partial charge on any atom is 0.251 e. The maximum absolute atomic E-state index is 12.4. The van der Waals surface area contributed by atoms with E-state index < -0.39 is 15.9 Å². The molecule has 0 unspecified atom stereocenters. The Hall–Kier alpha value is -3.69. The number of amides is 2. The summed E-state index contributed by atoms with van der Waals surface area (Å²) >= 11 is 0. The fourth-order valence-corrected chi connectivity index (χ4v) is 4.02. The molecular weight excluding hydrogens is 454 g/mol. The van der Waals surface area contributed by atoms with Crippen LogP contribution in [0.1, 0.15) is 21.5 Å². The van der Waals surface area contributed by atoms with E-state index in [1.165, 1.54) is 38.4 Å². The van der Waals surface area contributed by atoms with Crippen LogP contribution in [-0.4, -0.2) is 45.2 Å². The van der Waals surface area contributed by atoms with Gasteiger partial charge in [-0.05, 0) is 41.5 Å². The minimum Gasteiger partial charge on any atom is -0.489 e. The summed E-state index contributed by atoms with van der Waals surface area (Å²) in [6, 6.07) is 22.7. The van der Waals surface area contributed by atoms with Gasteiger partial charge in [-0.3, -0.25) is 9.59 Å². The summed E-state index contributed by atoms with van der Waals surface area (Å²) in [6.45, 7) is 0.394. The van der Waals surface area contributed by atoms with Crippen LogP contribution >= 0.6 is 0 Å². The molecule has 0 aliphatic heterocycles. The fraction of sp³-hybridized carbons (Fsp3) is 0.200. The lowest BCUT2D eigenvalue weighted by Crippen LogP contribution is -2.36. The summed E-state index contributed by atoms with van der Waals surface area (Å²) in [5.41, 5.74) is 1.99. The highest BCUT2D eigenvalue weighted by Crippen LogP contribution is 2.16. The van der Waals surface area contributed by atoms with Crippen molar-refractivity contribution in [3.05, 3.63) is 95.6 Å². The average Bonchev–Trinajstić information content (AvgIpc) is 2.85. The molecule has 3 rings (SSSR count). The molecule has 0 spiro atoms. The first-order valence-electron chi connectivity index (χ1n) is 10.6. The summed E-state index contributed by atoms with van der Waals surface area (Å²) in [6.07, 6.45) is 0.